The van der Waals surface area contributed by atoms with E-state index in [-0.39, 0.29) is 23.7 Å². The number of carboxylic acid groups (broad SMARTS) is 1. The second-order valence-electron chi connectivity index (χ2n) is 10.9. The second-order valence-corrected chi connectivity index (χ2v) is 10.9. The molecule has 3 heterocycles. The molecule has 2 aromatic heterocycles. The molecule has 0 bridgehead atoms. The molecule has 0 saturated carbocycles. The van der Waals surface area contributed by atoms with Crippen molar-refractivity contribution in [2.45, 2.75) is 20.0 Å². The Morgan fingerprint density at radius 3 is 2.54 bits per heavy atom. The molecule has 46 heavy (non-hydrogen) atoms. The van der Waals surface area contributed by atoms with Gasteiger partial charge in [0.1, 0.15) is 6.07 Å². The number of fused-ring (bicyclic) bond motifs is 1. The van der Waals surface area contributed by atoms with E-state index in [1.807, 2.05) is 36.1 Å². The van der Waals surface area contributed by atoms with Crippen LogP contribution in [0.5, 0.6) is 5.75 Å². The molecule has 1 fully saturated rings. The summed E-state index contributed by atoms with van der Waals surface area (Å²) in [5.74, 6) is -2.21. The van der Waals surface area contributed by atoms with Crippen LogP contribution in [-0.4, -0.2) is 106 Å². The number of benzene rings is 2. The number of piperazine rings is 1. The monoisotopic (exact) mass is 634 g/mol. The molecule has 5 rings (SSSR count). The lowest BCUT2D eigenvalue weighted by molar-refractivity contribution is -0.122. The Bertz CT molecular complexity index is 1730. The summed E-state index contributed by atoms with van der Waals surface area (Å²) < 4.78 is 36.6. The predicted molar refractivity (Wildman–Crippen MR) is 168 cm³/mol. The third-order valence-electron chi connectivity index (χ3n) is 7.48. The van der Waals surface area contributed by atoms with E-state index in [1.165, 1.54) is 31.5 Å². The average molecular weight is 635 g/mol. The van der Waals surface area contributed by atoms with Crippen molar-refractivity contribution in [2.75, 3.05) is 58.7 Å². The van der Waals surface area contributed by atoms with Crippen molar-refractivity contribution in [1.29, 1.82) is 5.26 Å². The van der Waals surface area contributed by atoms with Gasteiger partial charge in [0.05, 0.1) is 11.9 Å². The van der Waals surface area contributed by atoms with Crippen molar-refractivity contribution < 1.29 is 28.2 Å². The van der Waals surface area contributed by atoms with E-state index in [0.717, 1.165) is 31.7 Å². The predicted octanol–water partition coefficient (Wildman–Crippen LogP) is 4.04. The van der Waals surface area contributed by atoms with E-state index in [4.69, 9.17) is 19.9 Å². The van der Waals surface area contributed by atoms with Crippen molar-refractivity contribution in [3.8, 4) is 23.1 Å². The molecule has 0 aliphatic carbocycles. The largest absolute Gasteiger partial charge is 0.483 e. The first kappa shape index (κ1) is 33.8. The van der Waals surface area contributed by atoms with Crippen LogP contribution >= 0.6 is 0 Å². The van der Waals surface area contributed by atoms with Gasteiger partial charge in [-0.2, -0.15) is 9.65 Å². The van der Waals surface area contributed by atoms with Gasteiger partial charge < -0.3 is 25.0 Å². The molecular weight excluding hydrogens is 598 g/mol. The summed E-state index contributed by atoms with van der Waals surface area (Å²) in [5.41, 5.74) is 2.88. The fourth-order valence-electron chi connectivity index (χ4n) is 5.05. The van der Waals surface area contributed by atoms with Crippen LogP contribution in [0.2, 0.25) is 0 Å². The van der Waals surface area contributed by atoms with Crippen LogP contribution < -0.4 is 10.1 Å². The summed E-state index contributed by atoms with van der Waals surface area (Å²) in [4.78, 5) is 36.9. The Labute approximate surface area is 265 Å². The molecule has 1 amide bonds. The minimum atomic E-state index is -1.18. The lowest BCUT2D eigenvalue weighted by Gasteiger charge is -2.35. The summed E-state index contributed by atoms with van der Waals surface area (Å²) in [5, 5.41) is 19.1. The summed E-state index contributed by atoms with van der Waals surface area (Å²) >= 11 is 0. The van der Waals surface area contributed by atoms with Gasteiger partial charge in [-0.3, -0.25) is 18.9 Å². The maximum absolute atomic E-state index is 15.1. The van der Waals surface area contributed by atoms with Crippen molar-refractivity contribution in [3.05, 3.63) is 71.7 Å². The number of nitriles is 1. The van der Waals surface area contributed by atoms with Crippen molar-refractivity contribution in [3.63, 3.8) is 0 Å². The first-order valence-electron chi connectivity index (χ1n) is 14.6. The van der Waals surface area contributed by atoms with Crippen LogP contribution in [0.3, 0.4) is 0 Å². The molecule has 1 atom stereocenters. The molecule has 2 aromatic carbocycles. The highest BCUT2D eigenvalue weighted by Crippen LogP contribution is 2.32. The zero-order chi connectivity index (χ0) is 33.4. The summed E-state index contributed by atoms with van der Waals surface area (Å²) in [7, 11) is 4.12. The van der Waals surface area contributed by atoms with E-state index < -0.39 is 17.7 Å². The van der Waals surface area contributed by atoms with Gasteiger partial charge in [0, 0.05) is 68.5 Å². The Kier molecular flexibility index (Phi) is 11.2. The minimum absolute atomic E-state index is 0.0159. The Morgan fingerprint density at radius 2 is 1.89 bits per heavy atom. The van der Waals surface area contributed by atoms with Crippen molar-refractivity contribution >= 4 is 29.5 Å². The van der Waals surface area contributed by atoms with Crippen LogP contribution in [0.1, 0.15) is 22.8 Å². The Hall–Kier alpha value is -5.13. The fraction of sp³-hybridized carbons (Fsp3) is 0.344. The maximum Gasteiger partial charge on any atom is 0.290 e. The lowest BCUT2D eigenvalue weighted by atomic mass is 10.1. The number of nitrogens with zero attached hydrogens (tertiary/aromatic N) is 7. The van der Waals surface area contributed by atoms with E-state index in [1.54, 1.807) is 10.6 Å². The molecule has 0 spiro atoms. The van der Waals surface area contributed by atoms with E-state index >= 15 is 4.39 Å². The molecule has 1 aliphatic rings. The normalized spacial score (nSPS) is 13.9. The number of carbonyl (C=O) groups excluding carboxylic acids is 1. The number of halogens is 2. The molecule has 0 radical (unpaired) electrons. The number of ether oxygens (including phenoxy) is 1. The number of hydrogen-bond donors (Lipinski definition) is 2. The maximum atomic E-state index is 15.1. The van der Waals surface area contributed by atoms with E-state index in [9.17, 15) is 9.18 Å². The third-order valence-corrected chi connectivity index (χ3v) is 7.48. The number of amides is 1. The van der Waals surface area contributed by atoms with Gasteiger partial charge in [-0.25, -0.2) is 14.4 Å². The smallest absolute Gasteiger partial charge is 0.290 e. The van der Waals surface area contributed by atoms with Gasteiger partial charge >= 0.3 is 0 Å². The van der Waals surface area contributed by atoms with Crippen molar-refractivity contribution in [2.24, 2.45) is 0 Å². The average Bonchev–Trinajstić information content (AvgIpc) is 3.47. The van der Waals surface area contributed by atoms with Crippen molar-refractivity contribution in [1.82, 2.24) is 29.1 Å². The number of hydrogen-bond acceptors (Lipinski definition) is 9. The third kappa shape index (κ3) is 7.74. The number of anilines is 2. The Morgan fingerprint density at radius 1 is 1.17 bits per heavy atom. The second kappa shape index (κ2) is 15.2. The van der Waals surface area contributed by atoms with Gasteiger partial charge in [0.2, 0.25) is 5.82 Å². The number of nitrogens with one attached hydrogen (secondary N) is 1. The van der Waals surface area contributed by atoms with Crippen LogP contribution in [0.4, 0.5) is 20.3 Å². The van der Waals surface area contributed by atoms with E-state index in [0.29, 0.717) is 41.5 Å². The van der Waals surface area contributed by atoms with Gasteiger partial charge in [-0.05, 0) is 63.8 Å². The van der Waals surface area contributed by atoms with Gasteiger partial charge in [-0.15, -0.1) is 0 Å². The first-order chi connectivity index (χ1) is 22.1. The SMILES string of the molecule is Cc1cc(Nc2nccn3c(-c4ccc(O[C@H](C)C#N)c(F)c4F)cnc23)ccc1C(=O)N1CCN(CCN(C)C)CC1.O=CO. The zero-order valence-electron chi connectivity index (χ0n) is 26.1. The molecule has 1 saturated heterocycles. The number of imidazole rings is 1. The van der Waals surface area contributed by atoms with Crippen LogP contribution in [0, 0.1) is 29.9 Å². The number of aromatic nitrogens is 3. The van der Waals surface area contributed by atoms with Gasteiger partial charge in [0.25, 0.3) is 12.4 Å². The minimum Gasteiger partial charge on any atom is -0.483 e. The molecule has 2 N–H and O–H groups in total. The molecule has 1 aliphatic heterocycles. The molecule has 4 aromatic rings. The highest BCUT2D eigenvalue weighted by molar-refractivity contribution is 5.96. The number of rotatable bonds is 9. The molecular formula is C32H36F2N8O4. The summed E-state index contributed by atoms with van der Waals surface area (Å²) in [6, 6.07) is 10.0. The topological polar surface area (TPSA) is 139 Å². The molecule has 242 valence electrons. The Balaban J connectivity index is 0.00000154. The highest BCUT2D eigenvalue weighted by Gasteiger charge is 2.24. The summed E-state index contributed by atoms with van der Waals surface area (Å²) in [6.07, 6.45) is 3.64. The quantitative estimate of drug-likeness (QED) is 0.260. The summed E-state index contributed by atoms with van der Waals surface area (Å²) in [6.45, 7) is 8.17. The number of carbonyl (C=O) groups is 2. The molecule has 14 heteroatoms. The van der Waals surface area contributed by atoms with E-state index in [2.05, 4.69) is 39.2 Å². The molecule has 12 nitrogen and oxygen atoms in total. The molecule has 0 unspecified atom stereocenters. The van der Waals surface area contributed by atoms with Crippen LogP contribution in [-0.2, 0) is 4.79 Å². The number of aryl methyl sites for hydroxylation is 1. The van der Waals surface area contributed by atoms with Gasteiger partial charge in [0.15, 0.2) is 29.1 Å². The standard InChI is InChI=1S/C31H34F2N8O2.CH2O2/c1-20-17-22(5-6-23(20)31(42)40-15-13-39(14-16-40)12-11-38(3)4)37-29-30-36-19-25(41(30)10-9-35-29)24-7-8-26(28(33)27(24)32)43-21(2)18-34;2-1-3/h5-10,17,19,21H,11-16H2,1-4H3,(H,35,37);1H,(H,2,3)/t21-;/m1./s1. The number of likely N-dealkylation sites (N-methyl/N-ethyl adjacent to an activating group) is 1. The highest BCUT2D eigenvalue weighted by atomic mass is 19.2. The van der Waals surface area contributed by atoms with Crippen LogP contribution in [0.25, 0.3) is 16.9 Å². The lowest BCUT2D eigenvalue weighted by Crippen LogP contribution is -2.50. The first-order valence-corrected chi connectivity index (χ1v) is 14.6. The zero-order valence-corrected chi connectivity index (χ0v) is 26.1. The van der Waals surface area contributed by atoms with Gasteiger partial charge in [-0.1, -0.05) is 0 Å². The fourth-order valence-corrected chi connectivity index (χ4v) is 5.05. The van der Waals surface area contributed by atoms with Crippen LogP contribution in [0.15, 0.2) is 48.9 Å².